The molecule has 3 nitrogen and oxygen atoms in total. The van der Waals surface area contributed by atoms with E-state index in [-0.39, 0.29) is 11.9 Å². The van der Waals surface area contributed by atoms with Crippen molar-refractivity contribution in [2.24, 2.45) is 0 Å². The Morgan fingerprint density at radius 2 is 2.18 bits per heavy atom. The lowest BCUT2D eigenvalue weighted by Crippen LogP contribution is -2.38. The summed E-state index contributed by atoms with van der Waals surface area (Å²) in [6.45, 7) is 4.79. The summed E-state index contributed by atoms with van der Waals surface area (Å²) in [5, 5.41) is 0.900. The molecular formula is C12H16Br2N2O. The molecule has 1 heterocycles. The van der Waals surface area contributed by atoms with E-state index in [4.69, 9.17) is 0 Å². The number of amides is 1. The third-order valence-corrected chi connectivity index (χ3v) is 3.39. The van der Waals surface area contributed by atoms with Crippen LogP contribution < -0.4 is 0 Å². The molecule has 0 atom stereocenters. The topological polar surface area (TPSA) is 33.2 Å². The second-order valence-corrected chi connectivity index (χ2v) is 5.71. The molecule has 0 bridgehead atoms. The van der Waals surface area contributed by atoms with Gasteiger partial charge in [-0.25, -0.2) is 4.98 Å². The second-order valence-electron chi connectivity index (χ2n) is 4.00. The van der Waals surface area contributed by atoms with E-state index in [1.165, 1.54) is 0 Å². The van der Waals surface area contributed by atoms with Crippen molar-refractivity contribution in [1.29, 1.82) is 0 Å². The molecule has 0 spiro atoms. The van der Waals surface area contributed by atoms with Gasteiger partial charge in [0.05, 0.1) is 0 Å². The number of alkyl halides is 1. The zero-order valence-corrected chi connectivity index (χ0v) is 13.2. The molecule has 17 heavy (non-hydrogen) atoms. The van der Waals surface area contributed by atoms with Crippen LogP contribution in [-0.4, -0.2) is 33.7 Å². The molecule has 1 aromatic rings. The van der Waals surface area contributed by atoms with Gasteiger partial charge in [0, 0.05) is 28.6 Å². The second kappa shape index (κ2) is 7.11. The third-order valence-electron chi connectivity index (χ3n) is 2.36. The van der Waals surface area contributed by atoms with Crippen molar-refractivity contribution in [2.45, 2.75) is 26.3 Å². The highest BCUT2D eigenvalue weighted by Gasteiger charge is 2.18. The van der Waals surface area contributed by atoms with Gasteiger partial charge in [-0.05, 0) is 48.3 Å². The number of nitrogens with zero attached hydrogens (tertiary/aromatic N) is 2. The van der Waals surface area contributed by atoms with Crippen LogP contribution in [0.15, 0.2) is 22.8 Å². The molecule has 1 amide bonds. The van der Waals surface area contributed by atoms with Gasteiger partial charge in [0.2, 0.25) is 0 Å². The van der Waals surface area contributed by atoms with Crippen molar-refractivity contribution in [1.82, 2.24) is 9.88 Å². The number of rotatable bonds is 5. The Kier molecular flexibility index (Phi) is 6.12. The van der Waals surface area contributed by atoms with E-state index in [0.29, 0.717) is 5.69 Å². The minimum atomic E-state index is -0.00606. The lowest BCUT2D eigenvalue weighted by molar-refractivity contribution is 0.0700. The molecule has 0 aliphatic heterocycles. The fourth-order valence-corrected chi connectivity index (χ4v) is 1.96. The average Bonchev–Trinajstić information content (AvgIpc) is 2.29. The predicted molar refractivity (Wildman–Crippen MR) is 76.5 cm³/mol. The van der Waals surface area contributed by atoms with Gasteiger partial charge in [0.25, 0.3) is 5.91 Å². The SMILES string of the molecule is CC(C)N(CCCBr)C(=O)c1ccc(Br)cn1. The first kappa shape index (κ1) is 14.6. The van der Waals surface area contributed by atoms with E-state index < -0.39 is 0 Å². The molecule has 0 aromatic carbocycles. The largest absolute Gasteiger partial charge is 0.335 e. The number of carbonyl (C=O) groups is 1. The zero-order valence-electron chi connectivity index (χ0n) is 9.99. The lowest BCUT2D eigenvalue weighted by atomic mass is 10.2. The minimum Gasteiger partial charge on any atom is -0.335 e. The molecule has 0 aliphatic carbocycles. The van der Waals surface area contributed by atoms with Crippen LogP contribution in [0, 0.1) is 0 Å². The summed E-state index contributed by atoms with van der Waals surface area (Å²) in [5.74, 6) is -0.00606. The first-order valence-corrected chi connectivity index (χ1v) is 7.46. The number of pyridine rings is 1. The highest BCUT2D eigenvalue weighted by molar-refractivity contribution is 9.10. The molecule has 1 aromatic heterocycles. The molecular weight excluding hydrogens is 348 g/mol. The van der Waals surface area contributed by atoms with Gasteiger partial charge in [0.1, 0.15) is 5.69 Å². The summed E-state index contributed by atoms with van der Waals surface area (Å²) in [7, 11) is 0. The van der Waals surface area contributed by atoms with E-state index in [0.717, 1.165) is 22.8 Å². The van der Waals surface area contributed by atoms with Crippen LogP contribution >= 0.6 is 31.9 Å². The summed E-state index contributed by atoms with van der Waals surface area (Å²) in [6, 6.07) is 3.77. The number of hydrogen-bond donors (Lipinski definition) is 0. The molecule has 1 rings (SSSR count). The molecule has 0 N–H and O–H groups in total. The van der Waals surface area contributed by atoms with E-state index in [2.05, 4.69) is 36.8 Å². The van der Waals surface area contributed by atoms with Crippen molar-refractivity contribution >= 4 is 37.8 Å². The van der Waals surface area contributed by atoms with Gasteiger partial charge in [-0.1, -0.05) is 15.9 Å². The van der Waals surface area contributed by atoms with Gasteiger partial charge in [0.15, 0.2) is 0 Å². The van der Waals surface area contributed by atoms with Gasteiger partial charge in [-0.15, -0.1) is 0 Å². The Morgan fingerprint density at radius 3 is 2.65 bits per heavy atom. The molecule has 0 aliphatic rings. The Bertz CT molecular complexity index is 365. The third kappa shape index (κ3) is 4.39. The smallest absolute Gasteiger partial charge is 0.272 e. The average molecular weight is 364 g/mol. The monoisotopic (exact) mass is 362 g/mol. The maximum absolute atomic E-state index is 12.2. The van der Waals surface area contributed by atoms with Gasteiger partial charge >= 0.3 is 0 Å². The zero-order chi connectivity index (χ0) is 12.8. The maximum atomic E-state index is 12.2. The highest BCUT2D eigenvalue weighted by Crippen LogP contribution is 2.11. The summed E-state index contributed by atoms with van der Waals surface area (Å²) < 4.78 is 0.880. The van der Waals surface area contributed by atoms with E-state index in [1.807, 2.05) is 24.8 Å². The molecule has 0 saturated heterocycles. The Balaban J connectivity index is 2.80. The summed E-state index contributed by atoms with van der Waals surface area (Å²) in [6.07, 6.45) is 2.59. The van der Waals surface area contributed by atoms with Gasteiger partial charge in [-0.2, -0.15) is 0 Å². The molecule has 5 heteroatoms. The van der Waals surface area contributed by atoms with Crippen molar-refractivity contribution in [3.05, 3.63) is 28.5 Å². The quantitative estimate of drug-likeness (QED) is 0.750. The van der Waals surface area contributed by atoms with E-state index >= 15 is 0 Å². The van der Waals surface area contributed by atoms with Crippen LogP contribution in [0.4, 0.5) is 0 Å². The summed E-state index contributed by atoms with van der Waals surface area (Å²) in [5.41, 5.74) is 0.497. The molecule has 0 saturated carbocycles. The standard InChI is InChI=1S/C12H16Br2N2O/c1-9(2)16(7-3-6-13)12(17)11-5-4-10(14)8-15-11/h4-5,8-9H,3,6-7H2,1-2H3. The molecule has 0 radical (unpaired) electrons. The van der Waals surface area contributed by atoms with Crippen molar-refractivity contribution in [3.63, 3.8) is 0 Å². The molecule has 94 valence electrons. The maximum Gasteiger partial charge on any atom is 0.272 e. The van der Waals surface area contributed by atoms with Crippen LogP contribution in [0.5, 0.6) is 0 Å². The first-order valence-electron chi connectivity index (χ1n) is 5.54. The van der Waals surface area contributed by atoms with Crippen molar-refractivity contribution in [2.75, 3.05) is 11.9 Å². The molecule has 0 fully saturated rings. The fraction of sp³-hybridized carbons (Fsp3) is 0.500. The minimum absolute atomic E-state index is 0.00606. The number of hydrogen-bond acceptors (Lipinski definition) is 2. The Hall–Kier alpha value is -0.420. The van der Waals surface area contributed by atoms with Crippen LogP contribution in [0.2, 0.25) is 0 Å². The van der Waals surface area contributed by atoms with Crippen LogP contribution in [-0.2, 0) is 0 Å². The van der Waals surface area contributed by atoms with Gasteiger partial charge < -0.3 is 4.90 Å². The normalized spacial score (nSPS) is 10.6. The molecule has 0 unspecified atom stereocenters. The lowest BCUT2D eigenvalue weighted by Gasteiger charge is -2.26. The summed E-state index contributed by atoms with van der Waals surface area (Å²) >= 11 is 6.69. The summed E-state index contributed by atoms with van der Waals surface area (Å²) in [4.78, 5) is 18.2. The highest BCUT2D eigenvalue weighted by atomic mass is 79.9. The van der Waals surface area contributed by atoms with Crippen molar-refractivity contribution < 1.29 is 4.79 Å². The van der Waals surface area contributed by atoms with E-state index in [1.54, 1.807) is 12.3 Å². The van der Waals surface area contributed by atoms with Crippen molar-refractivity contribution in [3.8, 4) is 0 Å². The van der Waals surface area contributed by atoms with Crippen LogP contribution in [0.25, 0.3) is 0 Å². The fourth-order valence-electron chi connectivity index (χ4n) is 1.47. The Morgan fingerprint density at radius 1 is 1.47 bits per heavy atom. The number of halogens is 2. The van der Waals surface area contributed by atoms with Crippen LogP contribution in [0.3, 0.4) is 0 Å². The Labute approximate surface area is 119 Å². The first-order chi connectivity index (χ1) is 8.06. The van der Waals surface area contributed by atoms with E-state index in [9.17, 15) is 4.79 Å². The van der Waals surface area contributed by atoms with Gasteiger partial charge in [-0.3, -0.25) is 4.79 Å². The number of carbonyl (C=O) groups excluding carboxylic acids is 1. The predicted octanol–water partition coefficient (Wildman–Crippen LogP) is 3.48. The number of aromatic nitrogens is 1. The van der Waals surface area contributed by atoms with Crippen LogP contribution in [0.1, 0.15) is 30.8 Å².